The number of halogens is 1. The lowest BCUT2D eigenvalue weighted by atomic mass is 10.2. The Morgan fingerprint density at radius 1 is 1.00 bits per heavy atom. The van der Waals surface area contributed by atoms with Gasteiger partial charge in [-0.05, 0) is 7.05 Å². The second kappa shape index (κ2) is 9.84. The first-order valence-corrected chi connectivity index (χ1v) is 6.03. The van der Waals surface area contributed by atoms with Crippen LogP contribution in [0.25, 0.3) is 0 Å². The van der Waals surface area contributed by atoms with Crippen LogP contribution in [0.5, 0.6) is 11.5 Å². The molecule has 1 aromatic rings. The highest BCUT2D eigenvalue weighted by molar-refractivity contribution is 5.95. The number of carbonyl (C=O) groups is 2. The number of rotatable bonds is 7. The van der Waals surface area contributed by atoms with Crippen molar-refractivity contribution in [2.75, 3.05) is 39.7 Å². The predicted octanol–water partition coefficient (Wildman–Crippen LogP) is 0.400. The van der Waals surface area contributed by atoms with E-state index in [2.05, 4.69) is 16.0 Å². The van der Waals surface area contributed by atoms with Crippen molar-refractivity contribution in [2.24, 2.45) is 0 Å². The van der Waals surface area contributed by atoms with E-state index in [1.54, 1.807) is 25.2 Å². The van der Waals surface area contributed by atoms with Gasteiger partial charge in [0.2, 0.25) is 11.8 Å². The number of ether oxygens (including phenoxy) is 2. The van der Waals surface area contributed by atoms with E-state index in [0.29, 0.717) is 17.2 Å². The first-order valence-electron chi connectivity index (χ1n) is 6.03. The summed E-state index contributed by atoms with van der Waals surface area (Å²) in [4.78, 5) is 22.9. The lowest BCUT2D eigenvalue weighted by Gasteiger charge is -2.10. The van der Waals surface area contributed by atoms with Gasteiger partial charge in [-0.1, -0.05) is 0 Å². The van der Waals surface area contributed by atoms with Crippen molar-refractivity contribution in [3.05, 3.63) is 18.2 Å². The Kier molecular flexibility index (Phi) is 8.91. The van der Waals surface area contributed by atoms with Gasteiger partial charge in [0.1, 0.15) is 11.5 Å². The standard InChI is InChI=1S/C13H19N3O4.ClH/c1-14-7-12(17)15-8-13(18)16-9-4-10(19-2)6-11(5-9)20-3;/h4-6,14H,7-8H2,1-3H3,(H,15,17)(H,16,18);1H. The van der Waals surface area contributed by atoms with Crippen molar-refractivity contribution < 1.29 is 19.1 Å². The normalized spacial score (nSPS) is 9.29. The molecule has 2 amide bonds. The molecule has 0 radical (unpaired) electrons. The molecular formula is C13H20ClN3O4. The SMILES string of the molecule is CNCC(=O)NCC(=O)Nc1cc(OC)cc(OC)c1.Cl. The number of likely N-dealkylation sites (N-methyl/N-ethyl adjacent to an activating group) is 1. The van der Waals surface area contributed by atoms with Gasteiger partial charge in [0.25, 0.3) is 0 Å². The van der Waals surface area contributed by atoms with E-state index in [4.69, 9.17) is 9.47 Å². The second-order valence-corrected chi connectivity index (χ2v) is 3.96. The number of hydrogen-bond acceptors (Lipinski definition) is 5. The molecule has 0 aliphatic carbocycles. The van der Waals surface area contributed by atoms with E-state index >= 15 is 0 Å². The van der Waals surface area contributed by atoms with Gasteiger partial charge < -0.3 is 25.4 Å². The summed E-state index contributed by atoms with van der Waals surface area (Å²) in [6.45, 7) is 0.0697. The third-order valence-corrected chi connectivity index (χ3v) is 2.42. The smallest absolute Gasteiger partial charge is 0.243 e. The quantitative estimate of drug-likeness (QED) is 0.677. The Hall–Kier alpha value is -1.99. The third kappa shape index (κ3) is 6.82. The first-order chi connectivity index (χ1) is 9.58. The van der Waals surface area contributed by atoms with Crippen LogP contribution in [0.15, 0.2) is 18.2 Å². The van der Waals surface area contributed by atoms with Gasteiger partial charge in [-0.3, -0.25) is 9.59 Å². The van der Waals surface area contributed by atoms with Crippen LogP contribution in [0, 0.1) is 0 Å². The van der Waals surface area contributed by atoms with E-state index in [9.17, 15) is 9.59 Å². The molecule has 8 heteroatoms. The zero-order valence-corrected chi connectivity index (χ0v) is 13.0. The number of benzene rings is 1. The average molecular weight is 318 g/mol. The van der Waals surface area contributed by atoms with Crippen molar-refractivity contribution >= 4 is 29.9 Å². The van der Waals surface area contributed by atoms with Crippen LogP contribution in [0.3, 0.4) is 0 Å². The molecule has 0 saturated carbocycles. The molecule has 0 bridgehead atoms. The van der Waals surface area contributed by atoms with Crippen LogP contribution in [-0.4, -0.2) is 46.2 Å². The van der Waals surface area contributed by atoms with Gasteiger partial charge in [0, 0.05) is 23.9 Å². The van der Waals surface area contributed by atoms with Crippen LogP contribution in [0.1, 0.15) is 0 Å². The van der Waals surface area contributed by atoms with E-state index in [0.717, 1.165) is 0 Å². The maximum absolute atomic E-state index is 11.7. The molecule has 0 fully saturated rings. The second-order valence-electron chi connectivity index (χ2n) is 3.96. The summed E-state index contributed by atoms with van der Waals surface area (Å²) in [5.41, 5.74) is 0.536. The Morgan fingerprint density at radius 2 is 1.57 bits per heavy atom. The Labute approximate surface area is 129 Å². The number of amides is 2. The fourth-order valence-electron chi connectivity index (χ4n) is 1.49. The summed E-state index contributed by atoms with van der Waals surface area (Å²) in [6, 6.07) is 5.02. The molecule has 0 saturated heterocycles. The van der Waals surface area contributed by atoms with Gasteiger partial charge in [-0.15, -0.1) is 12.4 Å². The molecule has 21 heavy (non-hydrogen) atoms. The molecule has 0 atom stereocenters. The molecule has 1 rings (SSSR count). The molecular weight excluding hydrogens is 298 g/mol. The van der Waals surface area contributed by atoms with E-state index < -0.39 is 0 Å². The number of anilines is 1. The van der Waals surface area contributed by atoms with Gasteiger partial charge in [0.05, 0.1) is 27.3 Å². The van der Waals surface area contributed by atoms with Crippen LogP contribution in [0.4, 0.5) is 5.69 Å². The largest absolute Gasteiger partial charge is 0.497 e. The maximum atomic E-state index is 11.7. The van der Waals surface area contributed by atoms with Crippen LogP contribution in [0.2, 0.25) is 0 Å². The highest BCUT2D eigenvalue weighted by Crippen LogP contribution is 2.25. The van der Waals surface area contributed by atoms with Gasteiger partial charge in [0.15, 0.2) is 0 Å². The molecule has 0 aliphatic heterocycles. The summed E-state index contributed by atoms with van der Waals surface area (Å²) in [6.07, 6.45) is 0. The zero-order chi connectivity index (χ0) is 15.0. The summed E-state index contributed by atoms with van der Waals surface area (Å²) in [5, 5.41) is 7.83. The van der Waals surface area contributed by atoms with Crippen LogP contribution in [-0.2, 0) is 9.59 Å². The Morgan fingerprint density at radius 3 is 2.05 bits per heavy atom. The minimum absolute atomic E-state index is 0. The minimum Gasteiger partial charge on any atom is -0.497 e. The molecule has 118 valence electrons. The van der Waals surface area contributed by atoms with Crippen molar-refractivity contribution in [2.45, 2.75) is 0 Å². The summed E-state index contributed by atoms with van der Waals surface area (Å²) >= 11 is 0. The molecule has 1 aromatic carbocycles. The number of nitrogens with one attached hydrogen (secondary N) is 3. The highest BCUT2D eigenvalue weighted by Gasteiger charge is 2.07. The maximum Gasteiger partial charge on any atom is 0.243 e. The number of hydrogen-bond donors (Lipinski definition) is 3. The minimum atomic E-state index is -0.329. The molecule has 0 aromatic heterocycles. The predicted molar refractivity (Wildman–Crippen MR) is 82.4 cm³/mol. The lowest BCUT2D eigenvalue weighted by molar-refractivity contribution is -0.123. The number of methoxy groups -OCH3 is 2. The molecule has 0 unspecified atom stereocenters. The Balaban J connectivity index is 0.00000400. The van der Waals surface area contributed by atoms with Crippen molar-refractivity contribution in [1.29, 1.82) is 0 Å². The van der Waals surface area contributed by atoms with E-state index in [1.165, 1.54) is 14.2 Å². The van der Waals surface area contributed by atoms with Crippen LogP contribution < -0.4 is 25.4 Å². The fourth-order valence-corrected chi connectivity index (χ4v) is 1.49. The number of carbonyl (C=O) groups excluding carboxylic acids is 2. The Bertz CT molecular complexity index is 460. The molecule has 0 heterocycles. The monoisotopic (exact) mass is 317 g/mol. The van der Waals surface area contributed by atoms with Gasteiger partial charge >= 0.3 is 0 Å². The summed E-state index contributed by atoms with van der Waals surface area (Å²) < 4.78 is 10.2. The fraction of sp³-hybridized carbons (Fsp3) is 0.385. The van der Waals surface area contributed by atoms with E-state index in [-0.39, 0.29) is 37.3 Å². The van der Waals surface area contributed by atoms with Crippen molar-refractivity contribution in [1.82, 2.24) is 10.6 Å². The molecule has 7 nitrogen and oxygen atoms in total. The molecule has 0 spiro atoms. The van der Waals surface area contributed by atoms with Crippen molar-refractivity contribution in [3.63, 3.8) is 0 Å². The van der Waals surface area contributed by atoms with Gasteiger partial charge in [-0.2, -0.15) is 0 Å². The average Bonchev–Trinajstić information content (AvgIpc) is 2.45. The van der Waals surface area contributed by atoms with E-state index in [1.807, 2.05) is 0 Å². The topological polar surface area (TPSA) is 88.7 Å². The molecule has 3 N–H and O–H groups in total. The van der Waals surface area contributed by atoms with Gasteiger partial charge in [-0.25, -0.2) is 0 Å². The van der Waals surface area contributed by atoms with Crippen molar-refractivity contribution in [3.8, 4) is 11.5 Å². The lowest BCUT2D eigenvalue weighted by Crippen LogP contribution is -2.37. The third-order valence-electron chi connectivity index (χ3n) is 2.42. The molecule has 0 aliphatic rings. The summed E-state index contributed by atoms with van der Waals surface area (Å²) in [5.74, 6) is 0.563. The zero-order valence-electron chi connectivity index (χ0n) is 12.2. The highest BCUT2D eigenvalue weighted by atomic mass is 35.5. The summed E-state index contributed by atoms with van der Waals surface area (Å²) in [7, 11) is 4.71. The van der Waals surface area contributed by atoms with Crippen LogP contribution >= 0.6 is 12.4 Å². The first kappa shape index (κ1) is 19.0.